The first-order valence-corrected chi connectivity index (χ1v) is 12.7. The lowest BCUT2D eigenvalue weighted by Gasteiger charge is -2.38. The lowest BCUT2D eigenvalue weighted by atomic mass is 9.85. The highest BCUT2D eigenvalue weighted by molar-refractivity contribution is 6.32. The third kappa shape index (κ3) is 7.21. The summed E-state index contributed by atoms with van der Waals surface area (Å²) in [5.41, 5.74) is 3.59. The number of fused-ring (bicyclic) bond motifs is 1. The molecule has 0 heterocycles. The molecule has 0 fully saturated rings. The van der Waals surface area contributed by atoms with E-state index in [0.717, 1.165) is 63.0 Å². The van der Waals surface area contributed by atoms with Crippen LogP contribution in [0.4, 0.5) is 0 Å². The number of aliphatic hydroxyl groups excluding tert-OH is 1. The molecule has 0 radical (unpaired) electrons. The first kappa shape index (κ1) is 25.0. The fourth-order valence-electron chi connectivity index (χ4n) is 4.81. The van der Waals surface area contributed by atoms with Gasteiger partial charge in [0, 0.05) is 6.04 Å². The molecule has 32 heavy (non-hydrogen) atoms. The number of phenolic OH excluding ortho intramolecular Hbond substituents is 1. The van der Waals surface area contributed by atoms with Crippen molar-refractivity contribution in [3.05, 3.63) is 64.2 Å². The first-order chi connectivity index (χ1) is 15.6. The molecule has 0 spiro atoms. The Morgan fingerprint density at radius 1 is 1.03 bits per heavy atom. The Bertz CT molecular complexity index is 829. The van der Waals surface area contributed by atoms with Gasteiger partial charge in [-0.05, 0) is 93.5 Å². The van der Waals surface area contributed by atoms with Crippen LogP contribution in [0, 0.1) is 0 Å². The van der Waals surface area contributed by atoms with Crippen LogP contribution in [0.3, 0.4) is 0 Å². The van der Waals surface area contributed by atoms with E-state index >= 15 is 0 Å². The van der Waals surface area contributed by atoms with Gasteiger partial charge >= 0.3 is 0 Å². The van der Waals surface area contributed by atoms with Crippen LogP contribution in [0.25, 0.3) is 0 Å². The number of phenols is 1. The minimum atomic E-state index is -0.362. The van der Waals surface area contributed by atoms with Crippen LogP contribution in [-0.2, 0) is 12.8 Å². The molecule has 2 atom stereocenters. The highest BCUT2D eigenvalue weighted by Gasteiger charge is 2.31. The van der Waals surface area contributed by atoms with Crippen LogP contribution >= 0.6 is 11.6 Å². The monoisotopic (exact) mass is 458 g/mol. The van der Waals surface area contributed by atoms with E-state index in [1.165, 1.54) is 31.2 Å². The number of nitrogens with one attached hydrogen (secondary N) is 1. The SMILES string of the molecule is CCCN(CCCCCCNCCc1ccc(O)c(Cl)c1)C1CCc2ccccc2[C@@H]1O. The molecule has 3 N–H and O–H groups in total. The molecule has 0 aliphatic heterocycles. The average molecular weight is 459 g/mol. The van der Waals surface area contributed by atoms with Gasteiger partial charge in [-0.25, -0.2) is 0 Å². The second-order valence-electron chi connectivity index (χ2n) is 8.99. The largest absolute Gasteiger partial charge is 0.506 e. The summed E-state index contributed by atoms with van der Waals surface area (Å²) < 4.78 is 0. The number of halogens is 1. The number of nitrogens with zero attached hydrogens (tertiary/aromatic N) is 1. The van der Waals surface area contributed by atoms with E-state index < -0.39 is 0 Å². The molecule has 1 aliphatic rings. The van der Waals surface area contributed by atoms with Crippen LogP contribution in [0.15, 0.2) is 42.5 Å². The second-order valence-corrected chi connectivity index (χ2v) is 9.39. The van der Waals surface area contributed by atoms with Crippen LogP contribution in [0.5, 0.6) is 5.75 Å². The minimum absolute atomic E-state index is 0.142. The molecule has 1 unspecified atom stereocenters. The zero-order valence-corrected chi connectivity index (χ0v) is 20.2. The number of rotatable bonds is 13. The first-order valence-electron chi connectivity index (χ1n) is 12.3. The molecule has 1 aliphatic carbocycles. The van der Waals surface area contributed by atoms with E-state index in [9.17, 15) is 10.2 Å². The summed E-state index contributed by atoms with van der Waals surface area (Å²) in [5.74, 6) is 0.142. The molecule has 4 nitrogen and oxygen atoms in total. The van der Waals surface area contributed by atoms with Crippen LogP contribution in [-0.4, -0.2) is 47.3 Å². The summed E-state index contributed by atoms with van der Waals surface area (Å²) >= 11 is 5.96. The summed E-state index contributed by atoms with van der Waals surface area (Å²) in [6.45, 7) is 6.32. The number of unbranched alkanes of at least 4 members (excludes halogenated alkanes) is 3. The normalized spacial score (nSPS) is 18.1. The van der Waals surface area contributed by atoms with Crippen molar-refractivity contribution < 1.29 is 10.2 Å². The molecule has 5 heteroatoms. The Morgan fingerprint density at radius 2 is 1.84 bits per heavy atom. The van der Waals surface area contributed by atoms with Crippen LogP contribution in [0.1, 0.15) is 68.2 Å². The third-order valence-corrected chi connectivity index (χ3v) is 6.88. The molecule has 0 aromatic heterocycles. The highest BCUT2D eigenvalue weighted by atomic mass is 35.5. The standard InChI is InChI=1S/C27H39ClN2O2/c1-2-18-30(25-13-12-22-9-5-6-10-23(22)27(25)32)19-8-4-3-7-16-29-17-15-21-11-14-26(31)24(28)20-21/h5-6,9-11,14,20,25,27,29,31-32H,2-4,7-8,12-13,15-19H2,1H3/t25?,27-/m0/s1. The number of hydrogen-bond acceptors (Lipinski definition) is 4. The van der Waals surface area contributed by atoms with Gasteiger partial charge in [0.25, 0.3) is 0 Å². The van der Waals surface area contributed by atoms with Gasteiger partial charge in [0.1, 0.15) is 5.75 Å². The molecule has 0 saturated carbocycles. The summed E-state index contributed by atoms with van der Waals surface area (Å²) in [5, 5.41) is 24.4. The van der Waals surface area contributed by atoms with Gasteiger partial charge in [0.15, 0.2) is 0 Å². The molecule has 0 bridgehead atoms. The van der Waals surface area contributed by atoms with Gasteiger partial charge in [-0.3, -0.25) is 4.90 Å². The van der Waals surface area contributed by atoms with Crippen molar-refractivity contribution in [3.8, 4) is 5.75 Å². The minimum Gasteiger partial charge on any atom is -0.506 e. The van der Waals surface area contributed by atoms with E-state index in [4.69, 9.17) is 11.6 Å². The maximum Gasteiger partial charge on any atom is 0.134 e. The van der Waals surface area contributed by atoms with E-state index in [1.54, 1.807) is 6.07 Å². The predicted molar refractivity (Wildman–Crippen MR) is 134 cm³/mol. The zero-order valence-electron chi connectivity index (χ0n) is 19.4. The Balaban J connectivity index is 1.30. The lowest BCUT2D eigenvalue weighted by molar-refractivity contribution is 0.0347. The van der Waals surface area contributed by atoms with Crippen LogP contribution < -0.4 is 5.32 Å². The van der Waals surface area contributed by atoms with E-state index in [-0.39, 0.29) is 17.9 Å². The second kappa shape index (κ2) is 13.2. The highest BCUT2D eigenvalue weighted by Crippen LogP contribution is 2.33. The van der Waals surface area contributed by atoms with Crippen molar-refractivity contribution >= 4 is 11.6 Å². The number of aromatic hydroxyl groups is 1. The molecule has 2 aromatic carbocycles. The Labute approximate surface area is 198 Å². The van der Waals surface area contributed by atoms with E-state index in [1.807, 2.05) is 18.2 Å². The molecule has 176 valence electrons. The molecular formula is C27H39ClN2O2. The molecule has 0 saturated heterocycles. The Morgan fingerprint density at radius 3 is 2.66 bits per heavy atom. The Hall–Kier alpha value is -1.59. The molecule has 3 rings (SSSR count). The van der Waals surface area contributed by atoms with Gasteiger partial charge in [-0.15, -0.1) is 0 Å². The van der Waals surface area contributed by atoms with Crippen LogP contribution in [0.2, 0.25) is 5.02 Å². The predicted octanol–water partition coefficient (Wildman–Crippen LogP) is 5.50. The summed E-state index contributed by atoms with van der Waals surface area (Å²) in [6, 6.07) is 14.0. The van der Waals surface area contributed by atoms with Crippen molar-refractivity contribution in [2.75, 3.05) is 26.2 Å². The maximum absolute atomic E-state index is 11.0. The van der Waals surface area contributed by atoms with Crippen molar-refractivity contribution in [2.24, 2.45) is 0 Å². The number of aliphatic hydroxyl groups is 1. The average Bonchev–Trinajstić information content (AvgIpc) is 2.80. The quantitative estimate of drug-likeness (QED) is 0.347. The van der Waals surface area contributed by atoms with Gasteiger partial charge in [0.2, 0.25) is 0 Å². The lowest BCUT2D eigenvalue weighted by Crippen LogP contribution is -2.43. The summed E-state index contributed by atoms with van der Waals surface area (Å²) in [6.07, 6.45) is 8.64. The number of hydrogen-bond donors (Lipinski definition) is 3. The smallest absolute Gasteiger partial charge is 0.134 e. The van der Waals surface area contributed by atoms with E-state index in [2.05, 4.69) is 35.3 Å². The summed E-state index contributed by atoms with van der Waals surface area (Å²) in [7, 11) is 0. The number of aryl methyl sites for hydroxylation is 1. The van der Waals surface area contributed by atoms with Crippen molar-refractivity contribution in [2.45, 2.75) is 70.4 Å². The summed E-state index contributed by atoms with van der Waals surface area (Å²) in [4.78, 5) is 2.53. The molecular weight excluding hydrogens is 420 g/mol. The maximum atomic E-state index is 11.0. The van der Waals surface area contributed by atoms with Crippen molar-refractivity contribution in [1.29, 1.82) is 0 Å². The number of benzene rings is 2. The third-order valence-electron chi connectivity index (χ3n) is 6.58. The fraction of sp³-hybridized carbons (Fsp3) is 0.556. The zero-order chi connectivity index (χ0) is 22.8. The van der Waals surface area contributed by atoms with Gasteiger partial charge in [0.05, 0.1) is 11.1 Å². The van der Waals surface area contributed by atoms with Crippen molar-refractivity contribution in [3.63, 3.8) is 0 Å². The topological polar surface area (TPSA) is 55.7 Å². The van der Waals surface area contributed by atoms with Gasteiger partial charge in [-0.2, -0.15) is 0 Å². The molecule has 2 aromatic rings. The van der Waals surface area contributed by atoms with Gasteiger partial charge < -0.3 is 15.5 Å². The Kier molecular flexibility index (Phi) is 10.3. The van der Waals surface area contributed by atoms with E-state index in [0.29, 0.717) is 5.02 Å². The molecule has 0 amide bonds. The van der Waals surface area contributed by atoms with Crippen molar-refractivity contribution in [1.82, 2.24) is 10.2 Å². The fourth-order valence-corrected chi connectivity index (χ4v) is 5.02. The van der Waals surface area contributed by atoms with Gasteiger partial charge in [-0.1, -0.05) is 61.7 Å².